The van der Waals surface area contributed by atoms with Crippen LogP contribution in [0.5, 0.6) is 0 Å². The number of alkyl halides is 2. The van der Waals surface area contributed by atoms with Crippen LogP contribution >= 0.6 is 35.7 Å². The number of hydrogen-bond donors (Lipinski definition) is 6. The van der Waals surface area contributed by atoms with Crippen molar-refractivity contribution < 1.29 is 27.3 Å². The van der Waals surface area contributed by atoms with Crippen molar-refractivity contribution in [3.8, 4) is 0 Å². The van der Waals surface area contributed by atoms with E-state index in [9.17, 15) is 0 Å². The van der Waals surface area contributed by atoms with Gasteiger partial charge >= 0.3 is 0 Å². The van der Waals surface area contributed by atoms with Gasteiger partial charge in [-0.15, -0.1) is 24.5 Å². The second kappa shape index (κ2) is 11.5. The quantitative estimate of drug-likeness (QED) is 0.128. The van der Waals surface area contributed by atoms with Gasteiger partial charge in [0.15, 0.2) is 59.0 Å². The Bertz CT molecular complexity index is 1710. The minimum atomic E-state index is -3.22. The van der Waals surface area contributed by atoms with E-state index >= 15 is 8.78 Å². The molecule has 0 amide bonds. The number of nitrogens with one attached hydrogen (secondary N) is 2. The average molecular weight is 725 g/mol. The van der Waals surface area contributed by atoms with Crippen LogP contribution in [0.25, 0.3) is 22.3 Å². The third kappa shape index (κ3) is 5.51. The van der Waals surface area contributed by atoms with Crippen LogP contribution in [0, 0.1) is 0 Å². The van der Waals surface area contributed by atoms with E-state index in [1.54, 1.807) is 0 Å². The van der Waals surface area contributed by atoms with Gasteiger partial charge in [-0.25, -0.2) is 38.7 Å². The fourth-order valence-corrected chi connectivity index (χ4v) is 9.67. The van der Waals surface area contributed by atoms with Crippen LogP contribution in [-0.4, -0.2) is 88.9 Å². The largest absolute Gasteiger partial charge is 0.382 e. The molecule has 24 heteroatoms. The Kier molecular flexibility index (Phi) is 8.11. The Hall–Kier alpha value is -1.68. The average Bonchev–Trinajstić information content (AvgIpc) is 3.73. The van der Waals surface area contributed by atoms with Crippen molar-refractivity contribution in [2.75, 3.05) is 24.6 Å². The maximum absolute atomic E-state index is 16.2. The predicted molar refractivity (Wildman–Crippen MR) is 169 cm³/mol. The minimum Gasteiger partial charge on any atom is -0.382 e. The molecule has 44 heavy (non-hydrogen) atoms. The van der Waals surface area contributed by atoms with Crippen LogP contribution in [0.3, 0.4) is 0 Å². The lowest BCUT2D eigenvalue weighted by Gasteiger charge is -2.32. The number of fused-ring (bicyclic) bond motifs is 4. The molecule has 0 radical (unpaired) electrons. The summed E-state index contributed by atoms with van der Waals surface area (Å²) >= 11 is 20.3. The Morgan fingerprint density at radius 2 is 1.16 bits per heavy atom. The normalized spacial score (nSPS) is 38.3. The third-order valence-electron chi connectivity index (χ3n) is 7.37. The Morgan fingerprint density at radius 1 is 0.750 bits per heavy atom. The molecule has 4 aromatic rings. The van der Waals surface area contributed by atoms with Crippen LogP contribution in [0.15, 0.2) is 25.3 Å². The Morgan fingerprint density at radius 3 is 1.57 bits per heavy atom. The molecule has 7 rings (SSSR count). The van der Waals surface area contributed by atoms with E-state index in [1.807, 2.05) is 0 Å². The molecule has 16 nitrogen and oxygen atoms in total. The van der Waals surface area contributed by atoms with Gasteiger partial charge in [-0.3, -0.25) is 19.3 Å². The number of thiol groups is 2. The number of hydrogen-bond acceptors (Lipinski definition) is 14. The fraction of sp³-hybridized carbons (Fsp3) is 0.500. The van der Waals surface area contributed by atoms with Crippen LogP contribution in [-0.2, 0) is 42.1 Å². The molecule has 3 aliphatic rings. The molecule has 0 spiro atoms. The van der Waals surface area contributed by atoms with Gasteiger partial charge in [0.25, 0.3) is 0 Å². The molecule has 10 atom stereocenters. The number of ether oxygens (including phenoxy) is 2. The maximum Gasteiger partial charge on any atom is 0.183 e. The highest BCUT2D eigenvalue weighted by molar-refractivity contribution is 8.61. The summed E-state index contributed by atoms with van der Waals surface area (Å²) in [6.45, 7) is -0.146. The molecule has 3 fully saturated rings. The summed E-state index contributed by atoms with van der Waals surface area (Å²) in [6.07, 6.45) is -4.98. The first kappa shape index (κ1) is 30.9. The van der Waals surface area contributed by atoms with Gasteiger partial charge in [-0.1, -0.05) is 0 Å². The van der Waals surface area contributed by atoms with Crippen molar-refractivity contribution >= 4 is 93.3 Å². The maximum atomic E-state index is 16.2. The van der Waals surface area contributed by atoms with Crippen molar-refractivity contribution in [3.05, 3.63) is 25.3 Å². The van der Waals surface area contributed by atoms with E-state index in [-0.39, 0.29) is 36.0 Å². The predicted octanol–water partition coefficient (Wildman–Crippen LogP) is 1.57. The summed E-state index contributed by atoms with van der Waals surface area (Å²) in [5.41, 5.74) is 6.48. The highest BCUT2D eigenvalue weighted by Crippen LogP contribution is 2.56. The SMILES string of the molecule is Nc1ncnc2c1ncn2C1O[C@@H]2CNP(=S)(S)O[C@H]3[C@@H](F)[C@H](n4cnc5c(N)ncnc54)O[C@@H]3CNP(=S)(S)O[C@H]2[C@H]1F. The summed E-state index contributed by atoms with van der Waals surface area (Å²) in [6, 6.07) is 0. The number of aromatic nitrogens is 8. The van der Waals surface area contributed by atoms with Gasteiger partial charge in [0.05, 0.1) is 12.7 Å². The van der Waals surface area contributed by atoms with E-state index in [0.717, 1.165) is 0 Å². The van der Waals surface area contributed by atoms with E-state index in [2.05, 4.69) is 64.6 Å². The molecular formula is C20H24F2N12O4P2S4. The first-order valence-electron chi connectivity index (χ1n) is 12.9. The minimum absolute atomic E-state index is 0.0732. The number of nitrogens with zero attached hydrogens (tertiary/aromatic N) is 8. The topological polar surface area (TPSA) is 200 Å². The van der Waals surface area contributed by atoms with Gasteiger partial charge in [0, 0.05) is 13.1 Å². The second-order valence-corrected chi connectivity index (χ2v) is 21.3. The summed E-state index contributed by atoms with van der Waals surface area (Å²) in [7, 11) is 0. The van der Waals surface area contributed by atoms with Gasteiger partial charge < -0.3 is 30.0 Å². The fourth-order valence-electron chi connectivity index (χ4n) is 5.34. The zero-order chi connectivity index (χ0) is 31.0. The molecule has 236 valence electrons. The van der Waals surface area contributed by atoms with Gasteiger partial charge in [-0.2, -0.15) is 0 Å². The molecular weight excluding hydrogens is 701 g/mol. The van der Waals surface area contributed by atoms with Crippen LogP contribution in [0.2, 0.25) is 0 Å². The van der Waals surface area contributed by atoms with Crippen molar-refractivity contribution in [3.63, 3.8) is 0 Å². The third-order valence-corrected chi connectivity index (χ3v) is 12.3. The van der Waals surface area contributed by atoms with Crippen LogP contribution < -0.4 is 21.6 Å². The molecule has 3 saturated heterocycles. The smallest absolute Gasteiger partial charge is 0.183 e. The molecule has 0 aromatic carbocycles. The van der Waals surface area contributed by atoms with E-state index in [4.69, 9.17) is 53.6 Å². The number of rotatable bonds is 2. The highest BCUT2D eigenvalue weighted by Gasteiger charge is 2.52. The number of nitrogen functional groups attached to an aromatic ring is 2. The van der Waals surface area contributed by atoms with Crippen molar-refractivity contribution in [1.29, 1.82) is 0 Å². The summed E-state index contributed by atoms with van der Waals surface area (Å²) in [5, 5.41) is 6.02. The molecule has 3 aliphatic heterocycles. The molecule has 0 bridgehead atoms. The zero-order valence-electron chi connectivity index (χ0n) is 22.1. The highest BCUT2D eigenvalue weighted by atomic mass is 32.9. The van der Waals surface area contributed by atoms with Crippen molar-refractivity contribution in [1.82, 2.24) is 49.2 Å². The van der Waals surface area contributed by atoms with E-state index in [0.29, 0.717) is 11.0 Å². The Labute approximate surface area is 268 Å². The standard InChI is InChI=1S/C20H24F2N12O4P2S4/c21-9-13-7(35-19(9)33-5-29-11-15(23)25-3-27-17(11)33)1-31-39(41,42)38-14-8(2-32-40(43,44)37-13)36-20(10(14)22)34-6-30-12-16(24)26-4-28-18(12)34/h3-10,13-14,19-20H,1-2H2,(H2,23,25,27)(H2,24,26,28)(H2,31,41,42)(H2,32,43,44)/t7-,8-,9-,10-,13-,14-,19-,20?/m1/s1. The molecule has 0 aliphatic carbocycles. The second-order valence-electron chi connectivity index (χ2n) is 10.1. The summed E-state index contributed by atoms with van der Waals surface area (Å²) in [5.74, 6) is 0.267. The Balaban J connectivity index is 1.17. The number of imidazole rings is 2. The molecule has 7 heterocycles. The summed E-state index contributed by atoms with van der Waals surface area (Å²) in [4.78, 5) is 24.6. The van der Waals surface area contributed by atoms with Gasteiger partial charge in [0.1, 0.15) is 48.1 Å². The number of anilines is 2. The first-order valence-corrected chi connectivity index (χ1v) is 20.6. The number of nitrogens with two attached hydrogens (primary N) is 2. The number of halogens is 2. The van der Waals surface area contributed by atoms with E-state index in [1.165, 1.54) is 34.4 Å². The van der Waals surface area contributed by atoms with Gasteiger partial charge in [0.2, 0.25) is 0 Å². The molecule has 0 saturated carbocycles. The lowest BCUT2D eigenvalue weighted by atomic mass is 10.1. The van der Waals surface area contributed by atoms with Crippen LogP contribution in [0.4, 0.5) is 20.4 Å². The lowest BCUT2D eigenvalue weighted by Crippen LogP contribution is -2.42. The molecule has 6 N–H and O–H groups in total. The van der Waals surface area contributed by atoms with Crippen molar-refractivity contribution in [2.24, 2.45) is 0 Å². The van der Waals surface area contributed by atoms with E-state index < -0.39 is 60.4 Å². The monoisotopic (exact) mass is 724 g/mol. The zero-order valence-corrected chi connectivity index (χ0v) is 27.3. The van der Waals surface area contributed by atoms with Gasteiger partial charge in [-0.05, 0) is 23.6 Å². The first-order chi connectivity index (χ1) is 20.9. The van der Waals surface area contributed by atoms with Crippen molar-refractivity contribution in [2.45, 2.75) is 49.2 Å². The molecule has 4 aromatic heterocycles. The summed E-state index contributed by atoms with van der Waals surface area (Å²) < 4.78 is 59.5. The molecule has 3 unspecified atom stereocenters. The lowest BCUT2D eigenvalue weighted by molar-refractivity contribution is -0.0204. The van der Waals surface area contributed by atoms with Crippen LogP contribution in [0.1, 0.15) is 12.5 Å².